The van der Waals surface area contributed by atoms with Gasteiger partial charge in [0.25, 0.3) is 0 Å². The molecule has 1 aliphatic heterocycles. The third kappa shape index (κ3) is 3.64. The Morgan fingerprint density at radius 1 is 1.11 bits per heavy atom. The summed E-state index contributed by atoms with van der Waals surface area (Å²) in [6.07, 6.45) is 2.83. The first-order valence-electron chi connectivity index (χ1n) is 6.79. The Kier molecular flexibility index (Phi) is 4.68. The third-order valence-electron chi connectivity index (χ3n) is 3.40. The van der Waals surface area contributed by atoms with Crippen molar-refractivity contribution in [2.45, 2.75) is 32.4 Å². The van der Waals surface area contributed by atoms with Crippen LogP contribution in [-0.4, -0.2) is 35.8 Å². The van der Waals surface area contributed by atoms with Gasteiger partial charge in [0, 0.05) is 25.6 Å². The molecule has 1 aromatic carbocycles. The second-order valence-electron chi connectivity index (χ2n) is 4.93. The highest BCUT2D eigenvalue weighted by atomic mass is 16.2. The highest BCUT2D eigenvalue weighted by molar-refractivity contribution is 6.01. The molecule has 0 radical (unpaired) electrons. The fourth-order valence-corrected chi connectivity index (χ4v) is 2.45. The number of carbonyl (C=O) groups is 2. The summed E-state index contributed by atoms with van der Waals surface area (Å²) in [6, 6.07) is 9.15. The number of piperidine rings is 1. The van der Waals surface area contributed by atoms with Gasteiger partial charge in [0.05, 0.1) is 0 Å². The lowest BCUT2D eigenvalue weighted by atomic mass is 10.0. The van der Waals surface area contributed by atoms with Gasteiger partial charge >= 0.3 is 0 Å². The van der Waals surface area contributed by atoms with Crippen molar-refractivity contribution in [1.82, 2.24) is 10.2 Å². The summed E-state index contributed by atoms with van der Waals surface area (Å²) in [5.74, 6) is -0.197. The highest BCUT2D eigenvalue weighted by Gasteiger charge is 2.28. The molecule has 0 bridgehead atoms. The van der Waals surface area contributed by atoms with Crippen LogP contribution in [0.5, 0.6) is 0 Å². The van der Waals surface area contributed by atoms with Gasteiger partial charge in [-0.05, 0) is 12.8 Å². The summed E-state index contributed by atoms with van der Waals surface area (Å²) in [5, 5.41) is 2.79. The van der Waals surface area contributed by atoms with Crippen molar-refractivity contribution < 1.29 is 9.59 Å². The second-order valence-corrected chi connectivity index (χ2v) is 4.93. The first-order chi connectivity index (χ1) is 9.18. The molecule has 1 amide bonds. The van der Waals surface area contributed by atoms with Gasteiger partial charge in [-0.2, -0.15) is 0 Å². The van der Waals surface area contributed by atoms with Crippen molar-refractivity contribution in [1.29, 1.82) is 0 Å². The molecule has 1 aliphatic rings. The third-order valence-corrected chi connectivity index (χ3v) is 3.40. The van der Waals surface area contributed by atoms with E-state index in [4.69, 9.17) is 0 Å². The molecule has 102 valence electrons. The maximum Gasteiger partial charge on any atom is 0.218 e. The van der Waals surface area contributed by atoms with E-state index < -0.39 is 6.17 Å². The molecular weight excluding hydrogens is 240 g/mol. The smallest absolute Gasteiger partial charge is 0.218 e. The van der Waals surface area contributed by atoms with Crippen LogP contribution in [0.2, 0.25) is 0 Å². The lowest BCUT2D eigenvalue weighted by molar-refractivity contribution is -0.120. The molecule has 19 heavy (non-hydrogen) atoms. The number of nitrogens with one attached hydrogen (secondary N) is 1. The van der Waals surface area contributed by atoms with Gasteiger partial charge in [-0.1, -0.05) is 36.8 Å². The minimum absolute atomic E-state index is 0.0299. The minimum Gasteiger partial charge on any atom is -0.334 e. The van der Waals surface area contributed by atoms with Gasteiger partial charge in [0.15, 0.2) is 5.78 Å². The summed E-state index contributed by atoms with van der Waals surface area (Å²) in [5.41, 5.74) is 0.645. The molecule has 0 spiro atoms. The molecular formula is C15H20N2O2. The van der Waals surface area contributed by atoms with Crippen LogP contribution in [0.25, 0.3) is 0 Å². The summed E-state index contributed by atoms with van der Waals surface area (Å²) < 4.78 is 0. The number of hydrogen-bond acceptors (Lipinski definition) is 3. The Morgan fingerprint density at radius 3 is 2.32 bits per heavy atom. The Labute approximate surface area is 113 Å². The van der Waals surface area contributed by atoms with E-state index in [0.717, 1.165) is 25.9 Å². The van der Waals surface area contributed by atoms with Crippen molar-refractivity contribution in [3.8, 4) is 0 Å². The average molecular weight is 260 g/mol. The minimum atomic E-state index is -0.528. The Hall–Kier alpha value is -1.68. The lowest BCUT2D eigenvalue weighted by Crippen LogP contribution is -2.54. The summed E-state index contributed by atoms with van der Waals surface area (Å²) in [4.78, 5) is 25.9. The molecule has 1 saturated heterocycles. The molecule has 4 nitrogen and oxygen atoms in total. The van der Waals surface area contributed by atoms with Gasteiger partial charge in [0.2, 0.25) is 5.91 Å². The molecule has 1 aromatic rings. The molecule has 0 aromatic heterocycles. The number of Topliss-reactive ketones (excluding diaryl/α,β-unsaturated/α-hetero) is 1. The van der Waals surface area contributed by atoms with Crippen molar-refractivity contribution in [2.75, 3.05) is 13.1 Å². The maximum atomic E-state index is 12.5. The van der Waals surface area contributed by atoms with Crippen LogP contribution in [0.3, 0.4) is 0 Å². The first kappa shape index (κ1) is 13.7. The van der Waals surface area contributed by atoms with Gasteiger partial charge < -0.3 is 5.32 Å². The maximum absolute atomic E-state index is 12.5. The predicted octanol–water partition coefficient (Wildman–Crippen LogP) is 1.82. The summed E-state index contributed by atoms with van der Waals surface area (Å²) in [6.45, 7) is 3.18. The van der Waals surface area contributed by atoms with Crippen molar-refractivity contribution in [2.24, 2.45) is 0 Å². The molecule has 4 heteroatoms. The second kappa shape index (κ2) is 6.48. The standard InChI is InChI=1S/C15H20N2O2/c1-12(18)16-15(17-10-6-3-7-11-17)14(19)13-8-4-2-5-9-13/h2,4-5,8-9,15H,3,6-7,10-11H2,1H3,(H,16,18)/t15-/m0/s1. The number of nitrogens with zero attached hydrogens (tertiary/aromatic N) is 1. The zero-order chi connectivity index (χ0) is 13.7. The molecule has 1 heterocycles. The van der Waals surface area contributed by atoms with Crippen LogP contribution in [0, 0.1) is 0 Å². The first-order valence-corrected chi connectivity index (χ1v) is 6.79. The Morgan fingerprint density at radius 2 is 1.74 bits per heavy atom. The van der Waals surface area contributed by atoms with E-state index in [2.05, 4.69) is 10.2 Å². The zero-order valence-corrected chi connectivity index (χ0v) is 11.3. The highest BCUT2D eigenvalue weighted by Crippen LogP contribution is 2.14. The van der Waals surface area contributed by atoms with Crippen molar-refractivity contribution in [3.05, 3.63) is 35.9 Å². The number of rotatable bonds is 4. The quantitative estimate of drug-likeness (QED) is 0.840. The molecule has 0 unspecified atom stereocenters. The number of benzene rings is 1. The van der Waals surface area contributed by atoms with Crippen LogP contribution >= 0.6 is 0 Å². The van der Waals surface area contributed by atoms with E-state index >= 15 is 0 Å². The van der Waals surface area contributed by atoms with E-state index in [1.54, 1.807) is 12.1 Å². The molecule has 0 aliphatic carbocycles. The van der Waals surface area contributed by atoms with E-state index in [1.165, 1.54) is 13.3 Å². The number of hydrogen-bond donors (Lipinski definition) is 1. The monoisotopic (exact) mass is 260 g/mol. The van der Waals surface area contributed by atoms with E-state index in [1.807, 2.05) is 18.2 Å². The van der Waals surface area contributed by atoms with Crippen LogP contribution in [0.1, 0.15) is 36.5 Å². The Balaban J connectivity index is 2.16. The largest absolute Gasteiger partial charge is 0.334 e. The molecule has 1 N–H and O–H groups in total. The molecule has 2 rings (SSSR count). The SMILES string of the molecule is CC(=O)N[C@H](C(=O)c1ccccc1)N1CCCCC1. The molecule has 0 saturated carbocycles. The fourth-order valence-electron chi connectivity index (χ4n) is 2.45. The fraction of sp³-hybridized carbons (Fsp3) is 0.467. The number of amides is 1. The van der Waals surface area contributed by atoms with Crippen molar-refractivity contribution in [3.63, 3.8) is 0 Å². The topological polar surface area (TPSA) is 49.4 Å². The summed E-state index contributed by atoms with van der Waals surface area (Å²) >= 11 is 0. The Bertz CT molecular complexity index is 439. The average Bonchev–Trinajstić information content (AvgIpc) is 2.46. The van der Waals surface area contributed by atoms with E-state index in [9.17, 15) is 9.59 Å². The van der Waals surface area contributed by atoms with Gasteiger partial charge in [-0.3, -0.25) is 14.5 Å². The van der Waals surface area contributed by atoms with Gasteiger partial charge in [0.1, 0.15) is 6.17 Å². The van der Waals surface area contributed by atoms with Crippen LogP contribution < -0.4 is 5.32 Å². The van der Waals surface area contributed by atoms with Gasteiger partial charge in [-0.15, -0.1) is 0 Å². The number of ketones is 1. The summed E-state index contributed by atoms with van der Waals surface area (Å²) in [7, 11) is 0. The number of carbonyl (C=O) groups excluding carboxylic acids is 2. The van der Waals surface area contributed by atoms with Gasteiger partial charge in [-0.25, -0.2) is 0 Å². The number of likely N-dealkylation sites (tertiary alicyclic amines) is 1. The molecule has 1 atom stereocenters. The molecule has 1 fully saturated rings. The van der Waals surface area contributed by atoms with E-state index in [-0.39, 0.29) is 11.7 Å². The van der Waals surface area contributed by atoms with E-state index in [0.29, 0.717) is 5.56 Å². The zero-order valence-electron chi connectivity index (χ0n) is 11.3. The predicted molar refractivity (Wildman–Crippen MR) is 73.8 cm³/mol. The van der Waals surface area contributed by atoms with Crippen LogP contribution in [-0.2, 0) is 4.79 Å². The van der Waals surface area contributed by atoms with Crippen molar-refractivity contribution >= 4 is 11.7 Å². The lowest BCUT2D eigenvalue weighted by Gasteiger charge is -2.33. The van der Waals surface area contributed by atoms with Crippen LogP contribution in [0.4, 0.5) is 0 Å². The normalized spacial score (nSPS) is 17.7. The van der Waals surface area contributed by atoms with Crippen LogP contribution in [0.15, 0.2) is 30.3 Å².